The fourth-order valence-corrected chi connectivity index (χ4v) is 1.50. The number of nitrogens with two attached hydrogens (primary N) is 1. The number of alkyl halides is 3. The molecule has 0 aliphatic heterocycles. The molecule has 110 valence electrons. The number of guanidine groups is 1. The molecule has 1 rings (SSSR count). The van der Waals surface area contributed by atoms with Crippen LogP contribution in [0.4, 0.5) is 4.79 Å². The summed E-state index contributed by atoms with van der Waals surface area (Å²) >= 11 is 16.3. The Balaban J connectivity index is 2.51. The summed E-state index contributed by atoms with van der Waals surface area (Å²) < 4.78 is 2.99. The van der Waals surface area contributed by atoms with Crippen molar-refractivity contribution in [2.75, 3.05) is 6.61 Å². The molecule has 0 saturated carbocycles. The lowest BCUT2D eigenvalue weighted by Gasteiger charge is -2.12. The summed E-state index contributed by atoms with van der Waals surface area (Å²) in [5, 5.41) is 2.24. The number of benzene rings is 1. The summed E-state index contributed by atoms with van der Waals surface area (Å²) in [4.78, 5) is 15.5. The van der Waals surface area contributed by atoms with Gasteiger partial charge >= 0.3 is 6.09 Å². The van der Waals surface area contributed by atoms with E-state index in [1.165, 1.54) is 0 Å². The van der Waals surface area contributed by atoms with Crippen molar-refractivity contribution in [1.29, 1.82) is 0 Å². The van der Waals surface area contributed by atoms with Gasteiger partial charge < -0.3 is 10.5 Å². The number of alkyl carbamates (subject to hydrolysis) is 1. The van der Waals surface area contributed by atoms with Gasteiger partial charge in [-0.3, -0.25) is 5.32 Å². The molecule has 0 heterocycles. The molecule has 0 radical (unpaired) electrons. The number of hydrogen-bond acceptors (Lipinski definition) is 3. The molecule has 0 bridgehead atoms. The number of ether oxygens (including phenoxy) is 1. The van der Waals surface area contributed by atoms with Gasteiger partial charge in [0.25, 0.3) is 0 Å². The number of aliphatic imine (C=N–C) groups is 1. The molecular formula is C12H14Cl3N3O2. The predicted molar refractivity (Wildman–Crippen MR) is 81.3 cm³/mol. The number of rotatable bonds is 3. The maximum Gasteiger partial charge on any atom is 0.414 e. The summed E-state index contributed by atoms with van der Waals surface area (Å²) in [6, 6.07) is 9.28. The van der Waals surface area contributed by atoms with Crippen molar-refractivity contribution in [3.8, 4) is 0 Å². The van der Waals surface area contributed by atoms with E-state index in [0.29, 0.717) is 0 Å². The molecule has 0 aliphatic carbocycles. The molecule has 1 amide bonds. The fourth-order valence-electron chi connectivity index (χ4n) is 1.34. The lowest BCUT2D eigenvalue weighted by molar-refractivity contribution is 0.153. The normalized spacial score (nSPS) is 13.7. The third-order valence-electron chi connectivity index (χ3n) is 2.21. The Labute approximate surface area is 132 Å². The topological polar surface area (TPSA) is 76.7 Å². The summed E-state index contributed by atoms with van der Waals surface area (Å²) in [5.41, 5.74) is 6.56. The van der Waals surface area contributed by atoms with Gasteiger partial charge in [0, 0.05) is 0 Å². The molecule has 0 saturated heterocycles. The van der Waals surface area contributed by atoms with Crippen LogP contribution in [0, 0.1) is 0 Å². The number of nitrogens with one attached hydrogen (secondary N) is 1. The Hall–Kier alpha value is -1.17. The summed E-state index contributed by atoms with van der Waals surface area (Å²) in [6.07, 6.45) is -0.835. The number of nitrogens with zero attached hydrogens (tertiary/aromatic N) is 1. The number of amides is 1. The monoisotopic (exact) mass is 337 g/mol. The largest absolute Gasteiger partial charge is 0.445 e. The van der Waals surface area contributed by atoms with Crippen molar-refractivity contribution in [2.24, 2.45) is 10.7 Å². The number of carbonyl (C=O) groups is 1. The molecule has 20 heavy (non-hydrogen) atoms. The van der Waals surface area contributed by atoms with Crippen molar-refractivity contribution in [3.63, 3.8) is 0 Å². The highest BCUT2D eigenvalue weighted by molar-refractivity contribution is 6.67. The van der Waals surface area contributed by atoms with Gasteiger partial charge in [0.05, 0.1) is 6.04 Å². The van der Waals surface area contributed by atoms with Gasteiger partial charge in [0.2, 0.25) is 3.79 Å². The van der Waals surface area contributed by atoms with E-state index in [4.69, 9.17) is 40.5 Å². The fraction of sp³-hybridized carbons (Fsp3) is 0.333. The first kappa shape index (κ1) is 16.9. The highest BCUT2D eigenvalue weighted by Crippen LogP contribution is 2.25. The summed E-state index contributed by atoms with van der Waals surface area (Å²) in [7, 11) is 0. The second-order valence-corrected chi connectivity index (χ2v) is 6.43. The lowest BCUT2D eigenvalue weighted by Crippen LogP contribution is -2.38. The van der Waals surface area contributed by atoms with Crippen molar-refractivity contribution in [1.82, 2.24) is 5.32 Å². The molecule has 1 aromatic carbocycles. The Morgan fingerprint density at radius 3 is 2.55 bits per heavy atom. The van der Waals surface area contributed by atoms with E-state index in [2.05, 4.69) is 15.0 Å². The Kier molecular flexibility index (Phi) is 6.39. The van der Waals surface area contributed by atoms with Gasteiger partial charge in [0.15, 0.2) is 5.96 Å². The summed E-state index contributed by atoms with van der Waals surface area (Å²) in [5.74, 6) is -0.0735. The van der Waals surface area contributed by atoms with E-state index in [9.17, 15) is 4.79 Å². The van der Waals surface area contributed by atoms with E-state index in [1.54, 1.807) is 0 Å². The lowest BCUT2D eigenvalue weighted by atomic mass is 10.1. The van der Waals surface area contributed by atoms with Crippen LogP contribution in [-0.2, 0) is 4.74 Å². The van der Waals surface area contributed by atoms with Crippen LogP contribution in [0.2, 0.25) is 0 Å². The number of hydrogen-bond donors (Lipinski definition) is 2. The van der Waals surface area contributed by atoms with E-state index >= 15 is 0 Å². The zero-order valence-electron chi connectivity index (χ0n) is 10.6. The van der Waals surface area contributed by atoms with Gasteiger partial charge in [-0.1, -0.05) is 65.1 Å². The van der Waals surface area contributed by atoms with Crippen molar-refractivity contribution in [2.45, 2.75) is 16.8 Å². The SMILES string of the molecule is C[C@@H](N=C(N)NC(=O)OCC(Cl)(Cl)Cl)c1ccccc1. The number of carbonyl (C=O) groups excluding carboxylic acids is 1. The van der Waals surface area contributed by atoms with Gasteiger partial charge in [-0.2, -0.15) is 0 Å². The maximum absolute atomic E-state index is 11.3. The van der Waals surface area contributed by atoms with Crippen LogP contribution in [-0.4, -0.2) is 22.5 Å². The first-order valence-electron chi connectivity index (χ1n) is 5.66. The average Bonchev–Trinajstić information content (AvgIpc) is 2.36. The van der Waals surface area contributed by atoms with Gasteiger partial charge in [0.1, 0.15) is 6.61 Å². The van der Waals surface area contributed by atoms with Gasteiger partial charge in [-0.05, 0) is 12.5 Å². The molecule has 5 nitrogen and oxygen atoms in total. The van der Waals surface area contributed by atoms with Crippen LogP contribution in [0.5, 0.6) is 0 Å². The Morgan fingerprint density at radius 1 is 1.40 bits per heavy atom. The molecule has 0 spiro atoms. The number of halogens is 3. The smallest absolute Gasteiger partial charge is 0.414 e. The first-order chi connectivity index (χ1) is 9.28. The average molecular weight is 339 g/mol. The molecule has 0 unspecified atom stereocenters. The van der Waals surface area contributed by atoms with Gasteiger partial charge in [-0.15, -0.1) is 0 Å². The third-order valence-corrected chi connectivity index (χ3v) is 2.54. The zero-order chi connectivity index (χ0) is 15.2. The minimum atomic E-state index is -1.67. The molecule has 0 fully saturated rings. The highest BCUT2D eigenvalue weighted by Gasteiger charge is 2.22. The van der Waals surface area contributed by atoms with Crippen LogP contribution >= 0.6 is 34.8 Å². The minimum Gasteiger partial charge on any atom is -0.445 e. The second-order valence-electron chi connectivity index (χ2n) is 3.92. The molecule has 3 N–H and O–H groups in total. The van der Waals surface area contributed by atoms with Crippen molar-refractivity contribution in [3.05, 3.63) is 35.9 Å². The molecule has 1 aromatic rings. The standard InChI is InChI=1S/C12H14Cl3N3O2/c1-8(9-5-3-2-4-6-9)17-10(16)18-11(19)20-7-12(13,14)15/h2-6,8H,7H2,1H3,(H3,16,17,18,19)/t8-/m1/s1. The highest BCUT2D eigenvalue weighted by atomic mass is 35.6. The molecule has 0 aromatic heterocycles. The second kappa shape index (κ2) is 7.57. The van der Waals surface area contributed by atoms with Crippen LogP contribution in [0.15, 0.2) is 35.3 Å². The van der Waals surface area contributed by atoms with Crippen LogP contribution < -0.4 is 11.1 Å². The minimum absolute atomic E-state index is 0.0735. The van der Waals surface area contributed by atoms with Crippen molar-refractivity contribution >= 4 is 46.9 Å². The summed E-state index contributed by atoms with van der Waals surface area (Å²) in [6.45, 7) is 1.46. The predicted octanol–water partition coefficient (Wildman–Crippen LogP) is 3.16. The van der Waals surface area contributed by atoms with Crippen molar-refractivity contribution < 1.29 is 9.53 Å². The van der Waals surface area contributed by atoms with Gasteiger partial charge in [-0.25, -0.2) is 9.79 Å². The Morgan fingerprint density at radius 2 is 2.00 bits per heavy atom. The quantitative estimate of drug-likeness (QED) is 0.505. The molecule has 8 heteroatoms. The van der Waals surface area contributed by atoms with Crippen LogP contribution in [0.25, 0.3) is 0 Å². The van der Waals surface area contributed by atoms with E-state index in [0.717, 1.165) is 5.56 Å². The first-order valence-corrected chi connectivity index (χ1v) is 6.80. The molecular weight excluding hydrogens is 325 g/mol. The van der Waals surface area contributed by atoms with E-state index in [-0.39, 0.29) is 18.6 Å². The van der Waals surface area contributed by atoms with Crippen LogP contribution in [0.1, 0.15) is 18.5 Å². The third kappa shape index (κ3) is 6.84. The van der Waals surface area contributed by atoms with E-state index < -0.39 is 9.89 Å². The molecule has 0 aliphatic rings. The van der Waals surface area contributed by atoms with Crippen LogP contribution in [0.3, 0.4) is 0 Å². The Bertz CT molecular complexity index is 475. The molecule has 1 atom stereocenters. The maximum atomic E-state index is 11.3. The van der Waals surface area contributed by atoms with E-state index in [1.807, 2.05) is 37.3 Å². The zero-order valence-corrected chi connectivity index (χ0v) is 12.9.